The van der Waals surface area contributed by atoms with Crippen molar-refractivity contribution >= 4 is 11.8 Å². The molecular weight excluding hydrogens is 320 g/mol. The molecule has 25 heavy (non-hydrogen) atoms. The molecule has 2 N–H and O–H groups in total. The molecule has 3 rings (SSSR count). The average Bonchev–Trinajstić information content (AvgIpc) is 3.06. The van der Waals surface area contributed by atoms with Crippen LogP contribution in [0.3, 0.4) is 0 Å². The van der Waals surface area contributed by atoms with E-state index in [0.29, 0.717) is 23.0 Å². The molecule has 0 bridgehead atoms. The minimum absolute atomic E-state index is 0.0767. The van der Waals surface area contributed by atoms with Crippen LogP contribution in [0.2, 0.25) is 0 Å². The monoisotopic (exact) mass is 344 g/mol. The van der Waals surface area contributed by atoms with Crippen molar-refractivity contribution < 1.29 is 19.2 Å². The molecule has 0 unspecified atom stereocenters. The van der Waals surface area contributed by atoms with E-state index in [1.807, 2.05) is 0 Å². The maximum atomic E-state index is 11.8. The number of nitrogens with one attached hydrogen (secondary N) is 1. The number of hydrogen-bond acceptors (Lipinski definition) is 5. The topological polar surface area (TPSA) is 84.6 Å². The Kier molecular flexibility index (Phi) is 5.26. The molecule has 0 aliphatic heterocycles. The number of rotatable bonds is 6. The van der Waals surface area contributed by atoms with Gasteiger partial charge in [0.15, 0.2) is 17.1 Å². The van der Waals surface area contributed by atoms with Crippen LogP contribution < -0.4 is 10.1 Å². The van der Waals surface area contributed by atoms with E-state index in [9.17, 15) is 9.90 Å². The Labute approximate surface area is 147 Å². The first-order chi connectivity index (χ1) is 12.1. The number of carboxylic acid groups (broad SMARTS) is 1. The lowest BCUT2D eigenvalue weighted by molar-refractivity contribution is 0.0698. The molecule has 1 fully saturated rings. The number of benzene rings is 1. The molecule has 0 radical (unpaired) electrons. The second-order valence-electron chi connectivity index (χ2n) is 6.60. The van der Waals surface area contributed by atoms with Crippen LogP contribution in [0.1, 0.15) is 49.4 Å². The Balaban J connectivity index is 1.84. The largest absolute Gasteiger partial charge is 0.497 e. The highest BCUT2D eigenvalue weighted by Crippen LogP contribution is 2.33. The summed E-state index contributed by atoms with van der Waals surface area (Å²) in [5.41, 5.74) is 0.733. The molecule has 1 aromatic carbocycles. The summed E-state index contributed by atoms with van der Waals surface area (Å²) in [6.07, 6.45) is 6.09. The Hall–Kier alpha value is -2.50. The summed E-state index contributed by atoms with van der Waals surface area (Å²) in [6.45, 7) is 2.09. The number of anilines is 1. The smallest absolute Gasteiger partial charge is 0.343 e. The van der Waals surface area contributed by atoms with Crippen LogP contribution in [-0.2, 0) is 0 Å². The van der Waals surface area contributed by atoms with Crippen molar-refractivity contribution in [2.24, 2.45) is 5.92 Å². The number of carboxylic acids is 1. The summed E-state index contributed by atoms with van der Waals surface area (Å²) >= 11 is 0. The molecule has 0 saturated heterocycles. The molecular formula is C19H24N2O4. The third-order valence-electron chi connectivity index (χ3n) is 4.98. The maximum absolute atomic E-state index is 11.8. The van der Waals surface area contributed by atoms with Crippen LogP contribution in [-0.4, -0.2) is 29.4 Å². The normalized spacial score (nSPS) is 16.4. The highest BCUT2D eigenvalue weighted by molar-refractivity contribution is 5.99. The highest BCUT2D eigenvalue weighted by atomic mass is 16.5. The van der Waals surface area contributed by atoms with Crippen LogP contribution >= 0.6 is 0 Å². The molecule has 1 heterocycles. The number of methoxy groups -OCH3 is 1. The van der Waals surface area contributed by atoms with Gasteiger partial charge in [-0.2, -0.15) is 0 Å². The number of aromatic carboxylic acids is 1. The Morgan fingerprint density at radius 2 is 1.96 bits per heavy atom. The van der Waals surface area contributed by atoms with Crippen molar-refractivity contribution in [2.75, 3.05) is 12.4 Å². The summed E-state index contributed by atoms with van der Waals surface area (Å²) in [7, 11) is 1.58. The average molecular weight is 344 g/mol. The first kappa shape index (κ1) is 17.3. The minimum Gasteiger partial charge on any atom is -0.497 e. The summed E-state index contributed by atoms with van der Waals surface area (Å²) < 4.78 is 10.5. The van der Waals surface area contributed by atoms with E-state index in [-0.39, 0.29) is 17.4 Å². The quantitative estimate of drug-likeness (QED) is 0.806. The van der Waals surface area contributed by atoms with Crippen molar-refractivity contribution in [3.63, 3.8) is 0 Å². The second-order valence-corrected chi connectivity index (χ2v) is 6.60. The van der Waals surface area contributed by atoms with E-state index < -0.39 is 5.97 Å². The standard InChI is InChI=1S/C19H24N2O4/c1-12(13-6-4-3-5-7-13)20-18-16(19(22)23)17(25-21-18)14-8-10-15(24-2)11-9-14/h8-13H,3-7H2,1-2H3,(H,20,21)(H,22,23)/t12-/m0/s1. The van der Waals surface area contributed by atoms with Gasteiger partial charge in [0.25, 0.3) is 0 Å². The summed E-state index contributed by atoms with van der Waals surface area (Å²) in [5, 5.41) is 16.9. The van der Waals surface area contributed by atoms with Gasteiger partial charge in [-0.05, 0) is 49.9 Å². The minimum atomic E-state index is -1.05. The van der Waals surface area contributed by atoms with Crippen molar-refractivity contribution in [1.29, 1.82) is 0 Å². The summed E-state index contributed by atoms with van der Waals surface area (Å²) in [4.78, 5) is 11.8. The molecule has 134 valence electrons. The van der Waals surface area contributed by atoms with Gasteiger partial charge in [-0.1, -0.05) is 24.4 Å². The van der Waals surface area contributed by atoms with Gasteiger partial charge in [0.2, 0.25) is 0 Å². The van der Waals surface area contributed by atoms with E-state index in [0.717, 1.165) is 0 Å². The van der Waals surface area contributed by atoms with Gasteiger partial charge in [-0.15, -0.1) is 0 Å². The maximum Gasteiger partial charge on any atom is 0.343 e. The third-order valence-corrected chi connectivity index (χ3v) is 4.98. The van der Waals surface area contributed by atoms with Gasteiger partial charge < -0.3 is 19.7 Å². The van der Waals surface area contributed by atoms with Crippen LogP contribution in [0, 0.1) is 5.92 Å². The molecule has 2 aromatic rings. The lowest BCUT2D eigenvalue weighted by Crippen LogP contribution is -2.28. The van der Waals surface area contributed by atoms with Gasteiger partial charge in [0.05, 0.1) is 7.11 Å². The number of nitrogens with zero attached hydrogens (tertiary/aromatic N) is 1. The first-order valence-electron chi connectivity index (χ1n) is 8.74. The van der Waals surface area contributed by atoms with Crippen molar-refractivity contribution in [1.82, 2.24) is 5.16 Å². The molecule has 0 spiro atoms. The van der Waals surface area contributed by atoms with E-state index in [2.05, 4.69) is 17.4 Å². The zero-order chi connectivity index (χ0) is 17.8. The fraction of sp³-hybridized carbons (Fsp3) is 0.474. The number of ether oxygens (including phenoxy) is 1. The Morgan fingerprint density at radius 3 is 2.56 bits per heavy atom. The van der Waals surface area contributed by atoms with Crippen molar-refractivity contribution in [3.8, 4) is 17.1 Å². The van der Waals surface area contributed by atoms with Crippen LogP contribution in [0.25, 0.3) is 11.3 Å². The van der Waals surface area contributed by atoms with Gasteiger partial charge >= 0.3 is 5.97 Å². The van der Waals surface area contributed by atoms with E-state index in [1.165, 1.54) is 32.1 Å². The lowest BCUT2D eigenvalue weighted by atomic mass is 9.84. The predicted molar refractivity (Wildman–Crippen MR) is 95.1 cm³/mol. The zero-order valence-electron chi connectivity index (χ0n) is 14.6. The summed E-state index contributed by atoms with van der Waals surface area (Å²) in [6, 6.07) is 7.22. The van der Waals surface area contributed by atoms with Crippen LogP contribution in [0.15, 0.2) is 28.8 Å². The van der Waals surface area contributed by atoms with Crippen molar-refractivity contribution in [3.05, 3.63) is 29.8 Å². The van der Waals surface area contributed by atoms with Crippen LogP contribution in [0.4, 0.5) is 5.82 Å². The Bertz CT molecular complexity index is 718. The molecule has 1 saturated carbocycles. The molecule has 1 aliphatic carbocycles. The van der Waals surface area contributed by atoms with E-state index in [4.69, 9.17) is 9.26 Å². The molecule has 6 heteroatoms. The number of hydrogen-bond donors (Lipinski definition) is 2. The molecule has 1 atom stereocenters. The molecule has 1 aromatic heterocycles. The molecule has 0 amide bonds. The highest BCUT2D eigenvalue weighted by Gasteiger charge is 2.27. The number of aromatic nitrogens is 1. The SMILES string of the molecule is COc1ccc(-c2onc(N[C@@H](C)C3CCCCC3)c2C(=O)O)cc1. The van der Waals surface area contributed by atoms with Crippen molar-refractivity contribution in [2.45, 2.75) is 45.1 Å². The fourth-order valence-electron chi connectivity index (χ4n) is 3.49. The molecule has 1 aliphatic rings. The van der Waals surface area contributed by atoms with E-state index >= 15 is 0 Å². The van der Waals surface area contributed by atoms with Gasteiger partial charge in [0.1, 0.15) is 5.75 Å². The second kappa shape index (κ2) is 7.59. The predicted octanol–water partition coefficient (Wildman–Crippen LogP) is 4.43. The zero-order valence-corrected chi connectivity index (χ0v) is 14.6. The molecule has 6 nitrogen and oxygen atoms in total. The fourth-order valence-corrected chi connectivity index (χ4v) is 3.49. The number of carbonyl (C=O) groups is 1. The lowest BCUT2D eigenvalue weighted by Gasteiger charge is -2.28. The Morgan fingerprint density at radius 1 is 1.28 bits per heavy atom. The van der Waals surface area contributed by atoms with Gasteiger partial charge in [0, 0.05) is 11.6 Å². The van der Waals surface area contributed by atoms with E-state index in [1.54, 1.807) is 31.4 Å². The first-order valence-corrected chi connectivity index (χ1v) is 8.74. The van der Waals surface area contributed by atoms with Gasteiger partial charge in [-0.25, -0.2) is 4.79 Å². The van der Waals surface area contributed by atoms with Gasteiger partial charge in [-0.3, -0.25) is 0 Å². The van der Waals surface area contributed by atoms with Crippen LogP contribution in [0.5, 0.6) is 5.75 Å². The third kappa shape index (κ3) is 3.78. The summed E-state index contributed by atoms with van der Waals surface area (Å²) in [5.74, 6) is 0.747.